The molecule has 3 aromatic rings. The quantitative estimate of drug-likeness (QED) is 0.327. The van der Waals surface area contributed by atoms with Gasteiger partial charge in [-0.15, -0.1) is 0 Å². The van der Waals surface area contributed by atoms with E-state index in [-0.39, 0.29) is 11.5 Å². The molecule has 0 unspecified atom stereocenters. The Morgan fingerprint density at radius 2 is 1.81 bits per heavy atom. The maximum absolute atomic E-state index is 13.1. The summed E-state index contributed by atoms with van der Waals surface area (Å²) < 4.78 is 18.3. The van der Waals surface area contributed by atoms with Crippen molar-refractivity contribution in [2.75, 3.05) is 0 Å². The second-order valence-electron chi connectivity index (χ2n) is 5.41. The minimum absolute atomic E-state index is 0.124. The third kappa shape index (κ3) is 5.05. The van der Waals surface area contributed by atoms with Crippen LogP contribution < -0.4 is 10.2 Å². The summed E-state index contributed by atoms with van der Waals surface area (Å²) in [5, 5.41) is 3.86. The molecule has 0 saturated carbocycles. The Morgan fingerprint density at radius 1 is 1.04 bits per heavy atom. The molecular formula is C20H14FN3O3. The molecule has 0 spiro atoms. The summed E-state index contributed by atoms with van der Waals surface area (Å²) in [7, 11) is 0. The third-order valence-corrected chi connectivity index (χ3v) is 3.45. The number of benzene rings is 2. The molecule has 0 aliphatic carbocycles. The van der Waals surface area contributed by atoms with Crippen LogP contribution in [0.25, 0.3) is 0 Å². The highest BCUT2D eigenvalue weighted by molar-refractivity contribution is 5.94. The zero-order valence-corrected chi connectivity index (χ0v) is 14.0. The van der Waals surface area contributed by atoms with Gasteiger partial charge in [0, 0.05) is 12.4 Å². The van der Waals surface area contributed by atoms with Crippen molar-refractivity contribution in [2.45, 2.75) is 0 Å². The molecule has 3 rings (SSSR count). The van der Waals surface area contributed by atoms with Crippen molar-refractivity contribution < 1.29 is 18.7 Å². The Hall–Kier alpha value is -3.87. The van der Waals surface area contributed by atoms with E-state index >= 15 is 0 Å². The molecule has 0 aliphatic rings. The van der Waals surface area contributed by atoms with Gasteiger partial charge >= 0.3 is 5.97 Å². The number of nitrogens with one attached hydrogen (secondary N) is 1. The van der Waals surface area contributed by atoms with Crippen LogP contribution in [0.3, 0.4) is 0 Å². The van der Waals surface area contributed by atoms with Gasteiger partial charge in [-0.25, -0.2) is 14.6 Å². The molecule has 1 aromatic heterocycles. The Bertz CT molecular complexity index is 973. The molecule has 0 fully saturated rings. The minimum atomic E-state index is -0.653. The highest BCUT2D eigenvalue weighted by Gasteiger charge is 2.09. The van der Waals surface area contributed by atoms with Crippen molar-refractivity contribution in [3.63, 3.8) is 0 Å². The number of ether oxygens (including phenoxy) is 1. The second-order valence-corrected chi connectivity index (χ2v) is 5.41. The standard InChI is InChI=1S/C20H14FN3O3/c21-17-5-1-3-15(11-17)20(26)27-18-8-6-14(7-9-18)12-23-24-19(25)16-4-2-10-22-13-16/h1-13H,(H,24,25). The molecule has 1 heterocycles. The van der Waals surface area contributed by atoms with Gasteiger partial charge in [-0.05, 0) is 60.2 Å². The van der Waals surface area contributed by atoms with Gasteiger partial charge in [-0.3, -0.25) is 9.78 Å². The Morgan fingerprint density at radius 3 is 2.52 bits per heavy atom. The van der Waals surface area contributed by atoms with E-state index in [1.165, 1.54) is 30.6 Å². The van der Waals surface area contributed by atoms with Crippen LogP contribution in [0.1, 0.15) is 26.3 Å². The van der Waals surface area contributed by atoms with Crippen molar-refractivity contribution in [3.8, 4) is 5.75 Å². The smallest absolute Gasteiger partial charge is 0.343 e. The monoisotopic (exact) mass is 363 g/mol. The number of carbonyl (C=O) groups excluding carboxylic acids is 2. The zero-order valence-electron chi connectivity index (χ0n) is 14.0. The lowest BCUT2D eigenvalue weighted by Gasteiger charge is -2.04. The van der Waals surface area contributed by atoms with Gasteiger partial charge in [0.05, 0.1) is 17.3 Å². The van der Waals surface area contributed by atoms with Crippen LogP contribution in [0.15, 0.2) is 78.2 Å². The first-order chi connectivity index (χ1) is 13.1. The van der Waals surface area contributed by atoms with Crippen LogP contribution >= 0.6 is 0 Å². The van der Waals surface area contributed by atoms with Gasteiger partial charge in [0.25, 0.3) is 5.91 Å². The number of rotatable bonds is 5. The molecular weight excluding hydrogens is 349 g/mol. The predicted molar refractivity (Wildman–Crippen MR) is 97.1 cm³/mol. The van der Waals surface area contributed by atoms with Crippen LogP contribution in [0, 0.1) is 5.82 Å². The normalized spacial score (nSPS) is 10.6. The Labute approximate surface area is 154 Å². The van der Waals surface area contributed by atoms with E-state index in [0.717, 1.165) is 6.07 Å². The number of hydrogen-bond acceptors (Lipinski definition) is 5. The van der Waals surface area contributed by atoms with Gasteiger partial charge in [-0.2, -0.15) is 5.10 Å². The molecule has 0 radical (unpaired) electrons. The van der Waals surface area contributed by atoms with Crippen molar-refractivity contribution in [2.24, 2.45) is 5.10 Å². The molecule has 0 aliphatic heterocycles. The fourth-order valence-corrected chi connectivity index (χ4v) is 2.13. The summed E-state index contributed by atoms with van der Waals surface area (Å²) in [5.41, 5.74) is 3.60. The lowest BCUT2D eigenvalue weighted by Crippen LogP contribution is -2.17. The molecule has 1 N–H and O–H groups in total. The van der Waals surface area contributed by atoms with E-state index in [4.69, 9.17) is 4.74 Å². The molecule has 0 saturated heterocycles. The van der Waals surface area contributed by atoms with E-state index in [1.807, 2.05) is 0 Å². The van der Waals surface area contributed by atoms with E-state index < -0.39 is 11.8 Å². The SMILES string of the molecule is O=C(NN=Cc1ccc(OC(=O)c2cccc(F)c2)cc1)c1cccnc1. The fraction of sp³-hybridized carbons (Fsp3) is 0. The topological polar surface area (TPSA) is 80.6 Å². The zero-order chi connectivity index (χ0) is 19.1. The third-order valence-electron chi connectivity index (χ3n) is 3.45. The molecule has 1 amide bonds. The average molecular weight is 363 g/mol. The van der Waals surface area contributed by atoms with Crippen LogP contribution in [0.4, 0.5) is 4.39 Å². The van der Waals surface area contributed by atoms with Crippen molar-refractivity contribution in [1.29, 1.82) is 0 Å². The number of esters is 1. The van der Waals surface area contributed by atoms with Crippen molar-refractivity contribution in [3.05, 3.63) is 95.6 Å². The van der Waals surface area contributed by atoms with Crippen LogP contribution in [0.5, 0.6) is 5.75 Å². The number of aromatic nitrogens is 1. The first kappa shape index (κ1) is 17.9. The summed E-state index contributed by atoms with van der Waals surface area (Å²) in [6.45, 7) is 0. The van der Waals surface area contributed by atoms with Gasteiger partial charge < -0.3 is 4.74 Å². The largest absolute Gasteiger partial charge is 0.423 e. The molecule has 7 heteroatoms. The van der Waals surface area contributed by atoms with Gasteiger partial charge in [0.2, 0.25) is 0 Å². The maximum atomic E-state index is 13.1. The number of pyridine rings is 1. The summed E-state index contributed by atoms with van der Waals surface area (Å²) in [6, 6.07) is 15.0. The number of nitrogens with zero attached hydrogens (tertiary/aromatic N) is 2. The number of carbonyl (C=O) groups is 2. The van der Waals surface area contributed by atoms with Gasteiger partial charge in [-0.1, -0.05) is 6.07 Å². The molecule has 0 bridgehead atoms. The predicted octanol–water partition coefficient (Wildman–Crippen LogP) is 3.20. The van der Waals surface area contributed by atoms with Crippen LogP contribution in [-0.2, 0) is 0 Å². The molecule has 6 nitrogen and oxygen atoms in total. The fourth-order valence-electron chi connectivity index (χ4n) is 2.13. The van der Waals surface area contributed by atoms with Crippen LogP contribution in [-0.4, -0.2) is 23.1 Å². The van der Waals surface area contributed by atoms with Crippen molar-refractivity contribution in [1.82, 2.24) is 10.4 Å². The molecule has 27 heavy (non-hydrogen) atoms. The summed E-state index contributed by atoms with van der Waals surface area (Å²) in [5.74, 6) is -1.23. The maximum Gasteiger partial charge on any atom is 0.343 e. The van der Waals surface area contributed by atoms with E-state index in [2.05, 4.69) is 15.5 Å². The first-order valence-electron chi connectivity index (χ1n) is 7.93. The molecule has 0 atom stereocenters. The van der Waals surface area contributed by atoms with E-state index in [9.17, 15) is 14.0 Å². The number of hydrogen-bond donors (Lipinski definition) is 1. The summed E-state index contributed by atoms with van der Waals surface area (Å²) >= 11 is 0. The minimum Gasteiger partial charge on any atom is -0.423 e. The van der Waals surface area contributed by atoms with E-state index in [1.54, 1.807) is 42.6 Å². The second kappa shape index (κ2) is 8.48. The van der Waals surface area contributed by atoms with E-state index in [0.29, 0.717) is 16.9 Å². The molecule has 2 aromatic carbocycles. The number of hydrazone groups is 1. The molecule has 134 valence electrons. The number of amides is 1. The Balaban J connectivity index is 1.57. The van der Waals surface area contributed by atoms with Crippen molar-refractivity contribution >= 4 is 18.1 Å². The summed E-state index contributed by atoms with van der Waals surface area (Å²) in [6.07, 6.45) is 4.46. The average Bonchev–Trinajstić information content (AvgIpc) is 2.70. The van der Waals surface area contributed by atoms with Gasteiger partial charge in [0.1, 0.15) is 11.6 Å². The van der Waals surface area contributed by atoms with Gasteiger partial charge in [0.15, 0.2) is 0 Å². The van der Waals surface area contributed by atoms with Crippen LogP contribution in [0.2, 0.25) is 0 Å². The highest BCUT2D eigenvalue weighted by atomic mass is 19.1. The Kier molecular flexibility index (Phi) is 5.64. The summed E-state index contributed by atoms with van der Waals surface area (Å²) in [4.78, 5) is 27.6. The highest BCUT2D eigenvalue weighted by Crippen LogP contribution is 2.14. The lowest BCUT2D eigenvalue weighted by atomic mass is 10.2. The number of halogens is 1. The lowest BCUT2D eigenvalue weighted by molar-refractivity contribution is 0.0734. The first-order valence-corrected chi connectivity index (χ1v) is 7.93.